The van der Waals surface area contributed by atoms with Gasteiger partial charge in [0.1, 0.15) is 5.70 Å². The zero-order valence-corrected chi connectivity index (χ0v) is 16.9. The highest BCUT2D eigenvalue weighted by Gasteiger charge is 2.42. The van der Waals surface area contributed by atoms with E-state index < -0.39 is 0 Å². The average molecular weight is 395 g/mol. The van der Waals surface area contributed by atoms with E-state index in [1.54, 1.807) is 12.1 Å². The van der Waals surface area contributed by atoms with Crippen molar-refractivity contribution in [3.8, 4) is 0 Å². The molecule has 0 aliphatic carbocycles. The van der Waals surface area contributed by atoms with Gasteiger partial charge in [-0.1, -0.05) is 42.8 Å². The minimum atomic E-state index is -0.272. The number of hydrogen-bond donors (Lipinski definition) is 0. The van der Waals surface area contributed by atoms with E-state index in [0.29, 0.717) is 27.9 Å². The Balaban J connectivity index is 1.81. The quantitative estimate of drug-likeness (QED) is 0.710. The number of carbonyl (C=O) groups is 2. The van der Waals surface area contributed by atoms with Crippen molar-refractivity contribution in [3.63, 3.8) is 0 Å². The van der Waals surface area contributed by atoms with Crippen LogP contribution in [0.4, 0.5) is 5.69 Å². The number of nitrogens with zero attached hydrogens (tertiary/aromatic N) is 2. The van der Waals surface area contributed by atoms with Crippen LogP contribution < -0.4 is 4.90 Å². The summed E-state index contributed by atoms with van der Waals surface area (Å²) in [4.78, 5) is 30.2. The van der Waals surface area contributed by atoms with Gasteiger partial charge in [-0.3, -0.25) is 9.59 Å². The highest BCUT2D eigenvalue weighted by Crippen LogP contribution is 2.36. The fourth-order valence-electron chi connectivity index (χ4n) is 3.92. The Morgan fingerprint density at radius 3 is 2.29 bits per heavy atom. The van der Waals surface area contributed by atoms with Crippen LogP contribution in [0.15, 0.2) is 54.2 Å². The van der Waals surface area contributed by atoms with Crippen molar-refractivity contribution < 1.29 is 9.59 Å². The van der Waals surface area contributed by atoms with E-state index in [-0.39, 0.29) is 11.8 Å². The first-order valence-corrected chi connectivity index (χ1v) is 10.0. The molecule has 1 saturated heterocycles. The molecule has 1 fully saturated rings. The molecular formula is C23H23ClN2O2. The predicted octanol–water partition coefficient (Wildman–Crippen LogP) is 4.66. The van der Waals surface area contributed by atoms with E-state index in [1.807, 2.05) is 43.3 Å². The third-order valence-electron chi connectivity index (χ3n) is 5.55. The van der Waals surface area contributed by atoms with E-state index in [9.17, 15) is 9.59 Å². The number of aryl methyl sites for hydroxylation is 1. The molecule has 0 unspecified atom stereocenters. The molecule has 0 N–H and O–H groups in total. The largest absolute Gasteiger partial charge is 0.366 e. The van der Waals surface area contributed by atoms with Crippen LogP contribution in [0.25, 0.3) is 5.57 Å². The van der Waals surface area contributed by atoms with Crippen molar-refractivity contribution in [1.82, 2.24) is 4.90 Å². The van der Waals surface area contributed by atoms with Crippen molar-refractivity contribution in [2.24, 2.45) is 5.92 Å². The molecule has 2 aliphatic rings. The first kappa shape index (κ1) is 18.8. The van der Waals surface area contributed by atoms with E-state index in [4.69, 9.17) is 11.6 Å². The Labute approximate surface area is 170 Å². The fourth-order valence-corrected chi connectivity index (χ4v) is 4.05. The van der Waals surface area contributed by atoms with Crippen molar-refractivity contribution >= 4 is 34.7 Å². The average Bonchev–Trinajstić information content (AvgIpc) is 2.93. The number of anilines is 1. The molecule has 0 bridgehead atoms. The van der Waals surface area contributed by atoms with E-state index in [2.05, 4.69) is 11.8 Å². The third-order valence-corrected chi connectivity index (χ3v) is 5.80. The first-order chi connectivity index (χ1) is 13.5. The first-order valence-electron chi connectivity index (χ1n) is 9.66. The maximum atomic E-state index is 13.4. The summed E-state index contributed by atoms with van der Waals surface area (Å²) in [5.41, 5.74) is 3.33. The molecule has 4 nitrogen and oxygen atoms in total. The third kappa shape index (κ3) is 3.33. The van der Waals surface area contributed by atoms with Crippen molar-refractivity contribution in [2.45, 2.75) is 26.7 Å². The summed E-state index contributed by atoms with van der Waals surface area (Å²) in [6.07, 6.45) is 2.03. The minimum Gasteiger partial charge on any atom is -0.366 e. The number of likely N-dealkylation sites (tertiary alicyclic amines) is 1. The molecule has 2 aromatic rings. The molecule has 2 aromatic carbocycles. The summed E-state index contributed by atoms with van der Waals surface area (Å²) < 4.78 is 0. The Morgan fingerprint density at radius 1 is 0.964 bits per heavy atom. The molecule has 0 saturated carbocycles. The van der Waals surface area contributed by atoms with Gasteiger partial charge in [-0.2, -0.15) is 0 Å². The summed E-state index contributed by atoms with van der Waals surface area (Å²) in [6, 6.07) is 14.6. The van der Waals surface area contributed by atoms with Crippen molar-refractivity contribution in [2.75, 3.05) is 18.0 Å². The molecule has 2 aliphatic heterocycles. The smallest absolute Gasteiger partial charge is 0.282 e. The molecule has 5 heteroatoms. The SMILES string of the molecule is Cc1cccc(N2C(=O)C(c3ccc(Cl)cc3)=C(N3CCC(C)CC3)C2=O)c1. The second-order valence-electron chi connectivity index (χ2n) is 7.68. The molecule has 2 amide bonds. The highest BCUT2D eigenvalue weighted by molar-refractivity contribution is 6.45. The van der Waals surface area contributed by atoms with Crippen LogP contribution in [0.3, 0.4) is 0 Å². The summed E-state index contributed by atoms with van der Waals surface area (Å²) in [5, 5.41) is 0.602. The second-order valence-corrected chi connectivity index (χ2v) is 8.12. The molecule has 0 radical (unpaired) electrons. The number of hydrogen-bond acceptors (Lipinski definition) is 3. The van der Waals surface area contributed by atoms with E-state index in [1.165, 1.54) is 4.90 Å². The standard InChI is InChI=1S/C23H23ClN2O2/c1-15-10-12-25(13-11-15)21-20(17-6-8-18(24)9-7-17)22(27)26(23(21)28)19-5-3-4-16(2)14-19/h3-9,14-15H,10-13H2,1-2H3. The van der Waals surface area contributed by atoms with Crippen molar-refractivity contribution in [1.29, 1.82) is 0 Å². The molecule has 28 heavy (non-hydrogen) atoms. The number of halogens is 1. The summed E-state index contributed by atoms with van der Waals surface area (Å²) >= 11 is 6.04. The molecule has 0 atom stereocenters. The van der Waals surface area contributed by atoms with Gasteiger partial charge in [-0.05, 0) is 61.1 Å². The highest BCUT2D eigenvalue weighted by atomic mass is 35.5. The number of benzene rings is 2. The predicted molar refractivity (Wildman–Crippen MR) is 112 cm³/mol. The van der Waals surface area contributed by atoms with Gasteiger partial charge < -0.3 is 4.90 Å². The maximum absolute atomic E-state index is 13.4. The van der Waals surface area contributed by atoms with E-state index >= 15 is 0 Å². The molecule has 2 heterocycles. The number of piperidine rings is 1. The van der Waals surface area contributed by atoms with E-state index in [0.717, 1.165) is 37.1 Å². The van der Waals surface area contributed by atoms with Gasteiger partial charge in [-0.15, -0.1) is 0 Å². The van der Waals surface area contributed by atoms with Gasteiger partial charge in [-0.25, -0.2) is 4.90 Å². The molecule has 4 rings (SSSR count). The maximum Gasteiger partial charge on any atom is 0.282 e. The molecular weight excluding hydrogens is 372 g/mol. The van der Waals surface area contributed by atoms with Gasteiger partial charge in [0.2, 0.25) is 0 Å². The summed E-state index contributed by atoms with van der Waals surface area (Å²) in [7, 11) is 0. The van der Waals surface area contributed by atoms with Gasteiger partial charge >= 0.3 is 0 Å². The van der Waals surface area contributed by atoms with Crippen LogP contribution in [0, 0.1) is 12.8 Å². The zero-order chi connectivity index (χ0) is 19.8. The Morgan fingerprint density at radius 2 is 1.64 bits per heavy atom. The lowest BCUT2D eigenvalue weighted by molar-refractivity contribution is -0.120. The van der Waals surface area contributed by atoms with Crippen LogP contribution in [-0.4, -0.2) is 29.8 Å². The Hall–Kier alpha value is -2.59. The molecule has 0 aromatic heterocycles. The lowest BCUT2D eigenvalue weighted by atomic mass is 9.97. The topological polar surface area (TPSA) is 40.6 Å². The van der Waals surface area contributed by atoms with Gasteiger partial charge in [0.05, 0.1) is 11.3 Å². The normalized spacial score (nSPS) is 18.4. The number of imide groups is 1. The van der Waals surface area contributed by atoms with Crippen LogP contribution in [-0.2, 0) is 9.59 Å². The summed E-state index contributed by atoms with van der Waals surface area (Å²) in [6.45, 7) is 5.75. The number of rotatable bonds is 3. The lowest BCUT2D eigenvalue weighted by Gasteiger charge is -2.32. The van der Waals surface area contributed by atoms with Gasteiger partial charge in [0.15, 0.2) is 0 Å². The fraction of sp³-hybridized carbons (Fsp3) is 0.304. The van der Waals surface area contributed by atoms with Crippen LogP contribution in [0.5, 0.6) is 0 Å². The number of amides is 2. The lowest BCUT2D eigenvalue weighted by Crippen LogP contribution is -2.38. The van der Waals surface area contributed by atoms with Gasteiger partial charge in [0, 0.05) is 18.1 Å². The minimum absolute atomic E-state index is 0.241. The summed E-state index contributed by atoms with van der Waals surface area (Å²) in [5.74, 6) is 0.123. The Bertz CT molecular complexity index is 957. The van der Waals surface area contributed by atoms with Gasteiger partial charge in [0.25, 0.3) is 11.8 Å². The Kier molecular flexibility index (Phi) is 4.98. The van der Waals surface area contributed by atoms with Crippen LogP contribution >= 0.6 is 11.6 Å². The van der Waals surface area contributed by atoms with Crippen molar-refractivity contribution in [3.05, 3.63) is 70.4 Å². The van der Waals surface area contributed by atoms with Crippen LogP contribution in [0.2, 0.25) is 5.02 Å². The monoisotopic (exact) mass is 394 g/mol. The zero-order valence-electron chi connectivity index (χ0n) is 16.1. The molecule has 144 valence electrons. The number of carbonyl (C=O) groups excluding carboxylic acids is 2. The second kappa shape index (κ2) is 7.44. The molecule has 0 spiro atoms. The van der Waals surface area contributed by atoms with Crippen LogP contribution in [0.1, 0.15) is 30.9 Å².